The van der Waals surface area contributed by atoms with Crippen molar-refractivity contribution in [1.82, 2.24) is 5.32 Å². The Morgan fingerprint density at radius 1 is 1.08 bits per heavy atom. The number of carboxylic acids is 1. The Hall–Kier alpha value is -2.04. The van der Waals surface area contributed by atoms with Crippen LogP contribution in [-0.2, 0) is 11.3 Å². The van der Waals surface area contributed by atoms with E-state index < -0.39 is 5.97 Å². The molecule has 1 aliphatic carbocycles. The topological polar surface area (TPSA) is 58.6 Å². The van der Waals surface area contributed by atoms with Crippen LogP contribution < -0.4 is 10.1 Å². The van der Waals surface area contributed by atoms with Crippen LogP contribution in [0.3, 0.4) is 0 Å². The quantitative estimate of drug-likeness (QED) is 0.772. The lowest BCUT2D eigenvalue weighted by Crippen LogP contribution is -2.34. The average molecular weight is 360 g/mol. The minimum absolute atomic E-state index is 0.199. The SMILES string of the molecule is O=C(O)C1CCC(NCc2c(Cl)cccc2Oc2ccccc2)CC1. The van der Waals surface area contributed by atoms with Crippen LogP contribution in [0.2, 0.25) is 5.02 Å². The Morgan fingerprint density at radius 3 is 2.48 bits per heavy atom. The Balaban J connectivity index is 1.63. The van der Waals surface area contributed by atoms with Crippen LogP contribution in [0.15, 0.2) is 48.5 Å². The van der Waals surface area contributed by atoms with Crippen LogP contribution in [-0.4, -0.2) is 17.1 Å². The minimum atomic E-state index is -0.678. The summed E-state index contributed by atoms with van der Waals surface area (Å²) in [5.41, 5.74) is 0.924. The number of benzene rings is 2. The molecule has 2 N–H and O–H groups in total. The van der Waals surface area contributed by atoms with E-state index >= 15 is 0 Å². The lowest BCUT2D eigenvalue weighted by atomic mass is 9.86. The lowest BCUT2D eigenvalue weighted by molar-refractivity contribution is -0.142. The number of para-hydroxylation sites is 1. The second-order valence-electron chi connectivity index (χ2n) is 6.40. The summed E-state index contributed by atoms with van der Waals surface area (Å²) < 4.78 is 5.98. The van der Waals surface area contributed by atoms with Crippen molar-refractivity contribution in [3.05, 3.63) is 59.1 Å². The van der Waals surface area contributed by atoms with E-state index in [0.29, 0.717) is 17.6 Å². The first-order valence-corrected chi connectivity index (χ1v) is 8.98. The van der Waals surface area contributed by atoms with Gasteiger partial charge in [0, 0.05) is 23.2 Å². The van der Waals surface area contributed by atoms with Gasteiger partial charge in [0.2, 0.25) is 0 Å². The van der Waals surface area contributed by atoms with Gasteiger partial charge in [-0.25, -0.2) is 0 Å². The van der Waals surface area contributed by atoms with Gasteiger partial charge in [0.05, 0.1) is 5.92 Å². The van der Waals surface area contributed by atoms with E-state index in [-0.39, 0.29) is 5.92 Å². The number of ether oxygens (including phenoxy) is 1. The van der Waals surface area contributed by atoms with Gasteiger partial charge in [0.15, 0.2) is 0 Å². The first kappa shape index (κ1) is 17.8. The van der Waals surface area contributed by atoms with Crippen molar-refractivity contribution in [3.63, 3.8) is 0 Å². The molecule has 2 aromatic rings. The van der Waals surface area contributed by atoms with Gasteiger partial charge in [0.1, 0.15) is 11.5 Å². The molecular formula is C20H22ClNO3. The predicted molar refractivity (Wildman–Crippen MR) is 98.2 cm³/mol. The van der Waals surface area contributed by atoms with E-state index in [1.807, 2.05) is 48.5 Å². The third-order valence-electron chi connectivity index (χ3n) is 4.69. The Bertz CT molecular complexity index is 712. The molecule has 1 aliphatic rings. The van der Waals surface area contributed by atoms with Gasteiger partial charge < -0.3 is 15.2 Å². The van der Waals surface area contributed by atoms with E-state index in [1.165, 1.54) is 0 Å². The number of carbonyl (C=O) groups is 1. The number of hydrogen-bond acceptors (Lipinski definition) is 3. The van der Waals surface area contributed by atoms with E-state index in [4.69, 9.17) is 21.4 Å². The zero-order valence-corrected chi connectivity index (χ0v) is 14.7. The summed E-state index contributed by atoms with van der Waals surface area (Å²) in [6.45, 7) is 0.601. The predicted octanol–water partition coefficient (Wildman–Crippen LogP) is 4.87. The molecule has 0 spiro atoms. The van der Waals surface area contributed by atoms with Gasteiger partial charge in [-0.2, -0.15) is 0 Å². The molecule has 0 saturated heterocycles. The van der Waals surface area contributed by atoms with Crippen LogP contribution in [0, 0.1) is 5.92 Å². The molecule has 1 fully saturated rings. The highest BCUT2D eigenvalue weighted by Crippen LogP contribution is 2.31. The molecule has 0 amide bonds. The zero-order valence-electron chi connectivity index (χ0n) is 14.0. The maximum absolute atomic E-state index is 11.0. The van der Waals surface area contributed by atoms with Crippen molar-refractivity contribution in [2.75, 3.05) is 0 Å². The second-order valence-corrected chi connectivity index (χ2v) is 6.81. The molecule has 0 aromatic heterocycles. The van der Waals surface area contributed by atoms with E-state index in [9.17, 15) is 4.79 Å². The Labute approximate surface area is 152 Å². The van der Waals surface area contributed by atoms with Crippen LogP contribution in [0.1, 0.15) is 31.2 Å². The van der Waals surface area contributed by atoms with Gasteiger partial charge in [-0.1, -0.05) is 35.9 Å². The number of nitrogens with one attached hydrogen (secondary N) is 1. The highest BCUT2D eigenvalue weighted by atomic mass is 35.5. The van der Waals surface area contributed by atoms with Crippen molar-refractivity contribution in [2.24, 2.45) is 5.92 Å². The van der Waals surface area contributed by atoms with Gasteiger partial charge in [-0.15, -0.1) is 0 Å². The largest absolute Gasteiger partial charge is 0.481 e. The van der Waals surface area contributed by atoms with Crippen LogP contribution in [0.25, 0.3) is 0 Å². The van der Waals surface area contributed by atoms with Gasteiger partial charge in [-0.05, 0) is 49.9 Å². The fourth-order valence-electron chi connectivity index (χ4n) is 3.21. The minimum Gasteiger partial charge on any atom is -0.481 e. The molecule has 2 aromatic carbocycles. The summed E-state index contributed by atoms with van der Waals surface area (Å²) in [5, 5.41) is 13.3. The molecule has 0 unspecified atom stereocenters. The van der Waals surface area contributed by atoms with Gasteiger partial charge in [-0.3, -0.25) is 4.79 Å². The molecule has 0 bridgehead atoms. The molecule has 0 atom stereocenters. The Kier molecular flexibility index (Phi) is 5.95. The maximum Gasteiger partial charge on any atom is 0.306 e. The number of hydrogen-bond donors (Lipinski definition) is 2. The van der Waals surface area contributed by atoms with Crippen molar-refractivity contribution >= 4 is 17.6 Å². The van der Waals surface area contributed by atoms with Gasteiger partial charge >= 0.3 is 5.97 Å². The van der Waals surface area contributed by atoms with Crippen molar-refractivity contribution in [2.45, 2.75) is 38.3 Å². The highest BCUT2D eigenvalue weighted by Gasteiger charge is 2.25. The standard InChI is InChI=1S/C20H22ClNO3/c21-18-7-4-8-19(25-16-5-2-1-3-6-16)17(18)13-22-15-11-9-14(10-12-15)20(23)24/h1-8,14-15,22H,9-13H2,(H,23,24). The van der Waals surface area contributed by atoms with Crippen molar-refractivity contribution in [3.8, 4) is 11.5 Å². The number of carboxylic acid groups (broad SMARTS) is 1. The molecule has 132 valence electrons. The summed E-state index contributed by atoms with van der Waals surface area (Å²) in [6, 6.07) is 15.6. The van der Waals surface area contributed by atoms with E-state index in [0.717, 1.165) is 42.7 Å². The summed E-state index contributed by atoms with van der Waals surface area (Å²) in [5.74, 6) is 0.636. The number of aliphatic carboxylic acids is 1. The third-order valence-corrected chi connectivity index (χ3v) is 5.04. The van der Waals surface area contributed by atoms with Crippen molar-refractivity contribution < 1.29 is 14.6 Å². The summed E-state index contributed by atoms with van der Waals surface area (Å²) in [7, 11) is 0. The Morgan fingerprint density at radius 2 is 1.80 bits per heavy atom. The molecule has 0 heterocycles. The molecule has 25 heavy (non-hydrogen) atoms. The maximum atomic E-state index is 11.0. The fourth-order valence-corrected chi connectivity index (χ4v) is 3.45. The first-order chi connectivity index (χ1) is 12.1. The molecule has 0 radical (unpaired) electrons. The van der Waals surface area contributed by atoms with E-state index in [1.54, 1.807) is 0 Å². The monoisotopic (exact) mass is 359 g/mol. The van der Waals surface area contributed by atoms with E-state index in [2.05, 4.69) is 5.32 Å². The summed E-state index contributed by atoms with van der Waals surface area (Å²) in [6.07, 6.45) is 3.19. The zero-order chi connectivity index (χ0) is 17.6. The summed E-state index contributed by atoms with van der Waals surface area (Å²) in [4.78, 5) is 11.0. The smallest absolute Gasteiger partial charge is 0.306 e. The highest BCUT2D eigenvalue weighted by molar-refractivity contribution is 6.31. The fraction of sp³-hybridized carbons (Fsp3) is 0.350. The molecule has 4 nitrogen and oxygen atoms in total. The molecule has 3 rings (SSSR count). The third kappa shape index (κ3) is 4.74. The normalized spacial score (nSPS) is 20.2. The molecule has 1 saturated carbocycles. The van der Waals surface area contributed by atoms with Crippen molar-refractivity contribution in [1.29, 1.82) is 0 Å². The number of halogens is 1. The van der Waals surface area contributed by atoms with Gasteiger partial charge in [0.25, 0.3) is 0 Å². The number of rotatable bonds is 6. The average Bonchev–Trinajstić information content (AvgIpc) is 2.62. The lowest BCUT2D eigenvalue weighted by Gasteiger charge is -2.27. The van der Waals surface area contributed by atoms with Crippen LogP contribution >= 0.6 is 11.6 Å². The molecule has 0 aliphatic heterocycles. The summed E-state index contributed by atoms with van der Waals surface area (Å²) >= 11 is 6.38. The molecule has 5 heteroatoms. The first-order valence-electron chi connectivity index (χ1n) is 8.60. The van der Waals surface area contributed by atoms with Crippen LogP contribution in [0.5, 0.6) is 11.5 Å². The van der Waals surface area contributed by atoms with Crippen LogP contribution in [0.4, 0.5) is 0 Å². The second kappa shape index (κ2) is 8.37. The molecular weight excluding hydrogens is 338 g/mol.